The molecule has 1 aliphatic rings. The van der Waals surface area contributed by atoms with Gasteiger partial charge in [-0.2, -0.15) is 5.10 Å². The lowest BCUT2D eigenvalue weighted by Gasteiger charge is -2.08. The molecule has 6 nitrogen and oxygen atoms in total. The van der Waals surface area contributed by atoms with Crippen LogP contribution < -0.4 is 5.32 Å². The molecule has 0 unspecified atom stereocenters. The molecule has 2 heterocycles. The number of hydrogen-bond acceptors (Lipinski definition) is 3. The number of carbonyl (C=O) groups excluding carboxylic acids is 1. The van der Waals surface area contributed by atoms with E-state index in [2.05, 4.69) is 15.0 Å². The summed E-state index contributed by atoms with van der Waals surface area (Å²) in [4.78, 5) is 17.5. The maximum Gasteiger partial charge on any atom is 0.224 e. The van der Waals surface area contributed by atoms with Crippen LogP contribution in [-0.4, -0.2) is 25.2 Å². The summed E-state index contributed by atoms with van der Waals surface area (Å²) >= 11 is 0. The van der Waals surface area contributed by atoms with E-state index in [4.69, 9.17) is 4.98 Å². The van der Waals surface area contributed by atoms with Crippen molar-refractivity contribution in [3.63, 3.8) is 0 Å². The van der Waals surface area contributed by atoms with Crippen LogP contribution in [0.3, 0.4) is 0 Å². The third-order valence-corrected chi connectivity index (χ3v) is 6.33. The van der Waals surface area contributed by atoms with Gasteiger partial charge < -0.3 is 9.88 Å². The highest BCUT2D eigenvalue weighted by atomic mass is 19.1. The van der Waals surface area contributed by atoms with E-state index in [0.717, 1.165) is 34.1 Å². The average molecular weight is 450 g/mol. The summed E-state index contributed by atoms with van der Waals surface area (Å²) < 4.78 is 31.1. The molecule has 1 aliphatic carbocycles. The van der Waals surface area contributed by atoms with Crippen molar-refractivity contribution in [2.75, 3.05) is 0 Å². The summed E-state index contributed by atoms with van der Waals surface area (Å²) in [7, 11) is 2.05. The Balaban J connectivity index is 1.29. The van der Waals surface area contributed by atoms with Gasteiger partial charge in [0.2, 0.25) is 5.91 Å². The molecule has 2 aromatic heterocycles. The summed E-state index contributed by atoms with van der Waals surface area (Å²) in [5.74, 6) is 0.199. The second-order valence-electron chi connectivity index (χ2n) is 8.74. The number of aryl methyl sites for hydroxylation is 2. The van der Waals surface area contributed by atoms with E-state index in [-0.39, 0.29) is 18.0 Å². The first kappa shape index (κ1) is 21.3. The SMILES string of the molecule is Cc1nn(-c2ccc(F)cc2F)c(C)c1CC(=O)NCc1ccc2c(c1)nc(C1CC1)n2C. The normalized spacial score (nSPS) is 13.6. The van der Waals surface area contributed by atoms with Gasteiger partial charge in [0.05, 0.1) is 23.1 Å². The lowest BCUT2D eigenvalue weighted by atomic mass is 10.1. The molecule has 1 amide bonds. The van der Waals surface area contributed by atoms with Gasteiger partial charge in [-0.05, 0) is 56.5 Å². The van der Waals surface area contributed by atoms with Crippen LogP contribution in [-0.2, 0) is 24.8 Å². The number of hydrogen-bond donors (Lipinski definition) is 1. The molecule has 5 rings (SSSR count). The van der Waals surface area contributed by atoms with Crippen LogP contribution in [0.1, 0.15) is 47.1 Å². The van der Waals surface area contributed by atoms with Crippen molar-refractivity contribution in [1.82, 2.24) is 24.6 Å². The van der Waals surface area contributed by atoms with E-state index < -0.39 is 11.6 Å². The van der Waals surface area contributed by atoms with Gasteiger partial charge in [-0.1, -0.05) is 6.07 Å². The van der Waals surface area contributed by atoms with Gasteiger partial charge in [-0.15, -0.1) is 0 Å². The Morgan fingerprint density at radius 3 is 2.67 bits per heavy atom. The van der Waals surface area contributed by atoms with Crippen LogP contribution in [0.15, 0.2) is 36.4 Å². The molecule has 0 radical (unpaired) electrons. The minimum absolute atomic E-state index is 0.123. The Morgan fingerprint density at radius 2 is 1.94 bits per heavy atom. The Morgan fingerprint density at radius 1 is 1.15 bits per heavy atom. The molecule has 0 saturated heterocycles. The summed E-state index contributed by atoms with van der Waals surface area (Å²) in [5, 5.41) is 7.33. The smallest absolute Gasteiger partial charge is 0.224 e. The minimum atomic E-state index is -0.702. The maximum absolute atomic E-state index is 14.2. The van der Waals surface area contributed by atoms with Gasteiger partial charge >= 0.3 is 0 Å². The fourth-order valence-corrected chi connectivity index (χ4v) is 4.32. The Bertz CT molecular complexity index is 1380. The predicted molar refractivity (Wildman–Crippen MR) is 121 cm³/mol. The summed E-state index contributed by atoms with van der Waals surface area (Å²) in [6.45, 7) is 3.95. The highest BCUT2D eigenvalue weighted by Gasteiger charge is 2.28. The van der Waals surface area contributed by atoms with E-state index >= 15 is 0 Å². The van der Waals surface area contributed by atoms with E-state index in [1.165, 1.54) is 29.7 Å². The zero-order chi connectivity index (χ0) is 23.3. The number of aromatic nitrogens is 4. The first-order valence-corrected chi connectivity index (χ1v) is 11.0. The van der Waals surface area contributed by atoms with Gasteiger partial charge in [0.15, 0.2) is 5.82 Å². The molecular weight excluding hydrogens is 424 g/mol. The van der Waals surface area contributed by atoms with Crippen molar-refractivity contribution in [3.8, 4) is 5.69 Å². The molecule has 0 spiro atoms. The molecule has 33 heavy (non-hydrogen) atoms. The van der Waals surface area contributed by atoms with E-state index in [1.54, 1.807) is 13.8 Å². The van der Waals surface area contributed by atoms with Gasteiger partial charge in [-0.3, -0.25) is 4.79 Å². The van der Waals surface area contributed by atoms with Gasteiger partial charge in [-0.25, -0.2) is 18.4 Å². The number of fused-ring (bicyclic) bond motifs is 1. The fourth-order valence-electron chi connectivity index (χ4n) is 4.32. The molecule has 170 valence electrons. The van der Waals surface area contributed by atoms with Gasteiger partial charge in [0, 0.05) is 36.8 Å². The first-order chi connectivity index (χ1) is 15.8. The average Bonchev–Trinajstić information content (AvgIpc) is 3.52. The number of nitrogens with one attached hydrogen (secondary N) is 1. The summed E-state index contributed by atoms with van der Waals surface area (Å²) in [6, 6.07) is 9.43. The lowest BCUT2D eigenvalue weighted by molar-refractivity contribution is -0.120. The standard InChI is InChI=1S/C25H25F2N5O/c1-14-19(15(2)32(30-14)22-9-7-18(26)11-20(22)27)12-24(33)28-13-16-4-8-23-21(10-16)29-25(31(23)3)17-5-6-17/h4,7-11,17H,5-6,12-13H2,1-3H3,(H,28,33). The third kappa shape index (κ3) is 4.01. The first-order valence-electron chi connectivity index (χ1n) is 11.0. The van der Waals surface area contributed by atoms with E-state index in [9.17, 15) is 13.6 Å². The molecule has 8 heteroatoms. The van der Waals surface area contributed by atoms with Crippen molar-refractivity contribution in [1.29, 1.82) is 0 Å². The molecule has 2 aromatic carbocycles. The zero-order valence-electron chi connectivity index (χ0n) is 18.8. The molecule has 1 N–H and O–H groups in total. The van der Waals surface area contributed by atoms with Crippen molar-refractivity contribution < 1.29 is 13.6 Å². The third-order valence-electron chi connectivity index (χ3n) is 6.33. The lowest BCUT2D eigenvalue weighted by Crippen LogP contribution is -2.25. The molecule has 0 bridgehead atoms. The zero-order valence-corrected chi connectivity index (χ0v) is 18.8. The summed E-state index contributed by atoms with van der Waals surface area (Å²) in [6.07, 6.45) is 2.52. The molecule has 4 aromatic rings. The van der Waals surface area contributed by atoms with Gasteiger partial charge in [0.25, 0.3) is 0 Å². The van der Waals surface area contributed by atoms with Crippen molar-refractivity contribution in [2.24, 2.45) is 7.05 Å². The van der Waals surface area contributed by atoms with Crippen LogP contribution in [0.5, 0.6) is 0 Å². The quantitative estimate of drug-likeness (QED) is 0.475. The van der Waals surface area contributed by atoms with E-state index in [1.807, 2.05) is 25.2 Å². The van der Waals surface area contributed by atoms with Crippen molar-refractivity contribution >= 4 is 16.9 Å². The fraction of sp³-hybridized carbons (Fsp3) is 0.320. The minimum Gasteiger partial charge on any atom is -0.352 e. The molecule has 1 fully saturated rings. The van der Waals surface area contributed by atoms with E-state index in [0.29, 0.717) is 23.9 Å². The number of nitrogens with zero attached hydrogens (tertiary/aromatic N) is 4. The highest BCUT2D eigenvalue weighted by molar-refractivity contribution is 5.80. The van der Waals surface area contributed by atoms with Crippen LogP contribution in [0, 0.1) is 25.5 Å². The van der Waals surface area contributed by atoms with Crippen LogP contribution >= 0.6 is 0 Å². The maximum atomic E-state index is 14.2. The second-order valence-corrected chi connectivity index (χ2v) is 8.74. The Kier molecular flexibility index (Phi) is 5.23. The van der Waals surface area contributed by atoms with Crippen LogP contribution in [0.2, 0.25) is 0 Å². The van der Waals surface area contributed by atoms with Crippen molar-refractivity contribution in [2.45, 2.75) is 45.6 Å². The monoisotopic (exact) mass is 449 g/mol. The van der Waals surface area contributed by atoms with Gasteiger partial charge in [0.1, 0.15) is 17.3 Å². The number of halogens is 2. The number of imidazole rings is 1. The second kappa shape index (κ2) is 8.10. The number of rotatable bonds is 6. The largest absolute Gasteiger partial charge is 0.352 e. The topological polar surface area (TPSA) is 64.7 Å². The summed E-state index contributed by atoms with van der Waals surface area (Å²) in [5.41, 5.74) is 5.18. The van der Waals surface area contributed by atoms with Crippen molar-refractivity contribution in [3.05, 3.63) is 76.4 Å². The number of amides is 1. The molecule has 0 aliphatic heterocycles. The number of benzene rings is 2. The Hall–Kier alpha value is -3.55. The van der Waals surface area contributed by atoms with Crippen LogP contribution in [0.25, 0.3) is 16.7 Å². The predicted octanol–water partition coefficient (Wildman–Crippen LogP) is 4.39. The molecule has 1 saturated carbocycles. The Labute approximate surface area is 190 Å². The molecule has 0 atom stereocenters. The van der Waals surface area contributed by atoms with Crippen LogP contribution in [0.4, 0.5) is 8.78 Å². The highest BCUT2D eigenvalue weighted by Crippen LogP contribution is 2.40. The molecular formula is C25H25F2N5O. The number of carbonyl (C=O) groups is 1.